The number of morpholine rings is 1. The molecule has 0 unspecified atom stereocenters. The standard InChI is InChI=1S/C16H24N2O2.2C2HF3O2/c1-19-12-15-5-2-6-16(15)13-18(8-9-20-16)11-14-4-3-7-17-10-14;2*3-2(4,5)1(6)7/h3-4,7,10,15H,2,5-6,8-9,11-13H2,1H3;2*(H,6,7)/t15-,16+;;/m0../s1. The lowest BCUT2D eigenvalue weighted by Gasteiger charge is -2.44. The number of aromatic nitrogens is 1. The van der Waals surface area contributed by atoms with Gasteiger partial charge in [-0.15, -0.1) is 0 Å². The van der Waals surface area contributed by atoms with Gasteiger partial charge in [-0.1, -0.05) is 12.5 Å². The van der Waals surface area contributed by atoms with E-state index in [4.69, 9.17) is 29.3 Å². The zero-order valence-corrected chi connectivity index (χ0v) is 18.2. The first-order valence-corrected chi connectivity index (χ1v) is 10.1. The average molecular weight is 504 g/mol. The van der Waals surface area contributed by atoms with Gasteiger partial charge in [0.25, 0.3) is 0 Å². The van der Waals surface area contributed by atoms with Gasteiger partial charge in [-0.3, -0.25) is 9.88 Å². The molecule has 1 aromatic heterocycles. The number of hydrogen-bond acceptors (Lipinski definition) is 6. The van der Waals surface area contributed by atoms with E-state index in [9.17, 15) is 26.3 Å². The Bertz CT molecular complexity index is 753. The Labute approximate surface area is 191 Å². The maximum absolute atomic E-state index is 10.6. The number of aliphatic carboxylic acids is 2. The summed E-state index contributed by atoms with van der Waals surface area (Å²) >= 11 is 0. The fraction of sp³-hybridized carbons (Fsp3) is 0.650. The predicted molar refractivity (Wildman–Crippen MR) is 105 cm³/mol. The van der Waals surface area contributed by atoms with Crippen LogP contribution in [0, 0.1) is 5.92 Å². The highest BCUT2D eigenvalue weighted by Gasteiger charge is 2.46. The Kier molecular flexibility index (Phi) is 11.2. The Morgan fingerprint density at radius 2 is 1.79 bits per heavy atom. The number of ether oxygens (including phenoxy) is 2. The van der Waals surface area contributed by atoms with Crippen LogP contribution in [0.15, 0.2) is 24.5 Å². The smallest absolute Gasteiger partial charge is 0.475 e. The summed E-state index contributed by atoms with van der Waals surface area (Å²) in [7, 11) is 1.79. The maximum atomic E-state index is 10.6. The molecular weight excluding hydrogens is 478 g/mol. The molecule has 1 spiro atoms. The molecule has 14 heteroatoms. The zero-order valence-electron chi connectivity index (χ0n) is 18.2. The highest BCUT2D eigenvalue weighted by atomic mass is 19.4. The van der Waals surface area contributed by atoms with E-state index in [1.807, 2.05) is 18.5 Å². The topological polar surface area (TPSA) is 109 Å². The number of halogens is 6. The third kappa shape index (κ3) is 9.81. The lowest BCUT2D eigenvalue weighted by molar-refractivity contribution is -0.193. The van der Waals surface area contributed by atoms with Gasteiger partial charge in [0.1, 0.15) is 0 Å². The fourth-order valence-electron chi connectivity index (χ4n) is 3.72. The highest BCUT2D eigenvalue weighted by Crippen LogP contribution is 2.41. The molecule has 0 aromatic carbocycles. The Morgan fingerprint density at radius 3 is 2.26 bits per heavy atom. The lowest BCUT2D eigenvalue weighted by atomic mass is 9.89. The molecule has 2 aliphatic rings. The van der Waals surface area contributed by atoms with Gasteiger partial charge in [0.2, 0.25) is 0 Å². The summed E-state index contributed by atoms with van der Waals surface area (Å²) in [6.45, 7) is 4.66. The molecule has 2 N–H and O–H groups in total. The van der Waals surface area contributed by atoms with Gasteiger partial charge in [-0.2, -0.15) is 26.3 Å². The maximum Gasteiger partial charge on any atom is 0.490 e. The highest BCUT2D eigenvalue weighted by molar-refractivity contribution is 5.73. The molecule has 34 heavy (non-hydrogen) atoms. The summed E-state index contributed by atoms with van der Waals surface area (Å²) in [6, 6.07) is 4.16. The van der Waals surface area contributed by atoms with E-state index in [2.05, 4.69) is 16.0 Å². The molecule has 194 valence electrons. The molecule has 1 aliphatic heterocycles. The van der Waals surface area contributed by atoms with Crippen molar-refractivity contribution in [3.05, 3.63) is 30.1 Å². The molecule has 2 fully saturated rings. The Hall–Kier alpha value is -2.45. The van der Waals surface area contributed by atoms with Crippen molar-refractivity contribution in [1.29, 1.82) is 0 Å². The van der Waals surface area contributed by atoms with Crippen LogP contribution in [-0.2, 0) is 25.6 Å². The number of hydrogen-bond donors (Lipinski definition) is 2. The molecule has 1 aliphatic carbocycles. The molecule has 1 saturated heterocycles. The lowest BCUT2D eigenvalue weighted by Crippen LogP contribution is -2.54. The first kappa shape index (κ1) is 29.6. The molecule has 1 saturated carbocycles. The number of nitrogens with zero attached hydrogens (tertiary/aromatic N) is 2. The van der Waals surface area contributed by atoms with Crippen molar-refractivity contribution in [2.75, 3.05) is 33.4 Å². The summed E-state index contributed by atoms with van der Waals surface area (Å²) in [5.41, 5.74) is 1.31. The van der Waals surface area contributed by atoms with Crippen molar-refractivity contribution in [3.63, 3.8) is 0 Å². The molecular formula is C20H26F6N2O6. The second-order valence-corrected chi connectivity index (χ2v) is 7.64. The van der Waals surface area contributed by atoms with Crippen molar-refractivity contribution in [2.24, 2.45) is 5.92 Å². The van der Waals surface area contributed by atoms with Gasteiger partial charge in [0, 0.05) is 45.1 Å². The second-order valence-electron chi connectivity index (χ2n) is 7.64. The van der Waals surface area contributed by atoms with E-state index in [-0.39, 0.29) is 5.60 Å². The molecule has 0 amide bonds. The van der Waals surface area contributed by atoms with Crippen LogP contribution < -0.4 is 0 Å². The predicted octanol–water partition coefficient (Wildman–Crippen LogP) is 3.37. The van der Waals surface area contributed by atoms with E-state index in [1.54, 1.807) is 7.11 Å². The van der Waals surface area contributed by atoms with Crippen LogP contribution in [0.3, 0.4) is 0 Å². The third-order valence-corrected chi connectivity index (χ3v) is 5.17. The minimum absolute atomic E-state index is 0.0243. The van der Waals surface area contributed by atoms with Crippen LogP contribution >= 0.6 is 0 Å². The van der Waals surface area contributed by atoms with E-state index in [0.717, 1.165) is 32.8 Å². The van der Waals surface area contributed by atoms with Crippen LogP contribution in [0.5, 0.6) is 0 Å². The van der Waals surface area contributed by atoms with Gasteiger partial charge >= 0.3 is 24.3 Å². The number of pyridine rings is 1. The zero-order chi connectivity index (χ0) is 26.0. The third-order valence-electron chi connectivity index (χ3n) is 5.17. The van der Waals surface area contributed by atoms with Gasteiger partial charge in [0.05, 0.1) is 18.8 Å². The number of rotatable bonds is 4. The van der Waals surface area contributed by atoms with Crippen molar-refractivity contribution < 1.29 is 55.6 Å². The number of methoxy groups -OCH3 is 1. The number of carbonyl (C=O) groups is 2. The quantitative estimate of drug-likeness (QED) is 0.601. The molecule has 0 radical (unpaired) electrons. The van der Waals surface area contributed by atoms with Crippen LogP contribution in [-0.4, -0.2) is 83.4 Å². The average Bonchev–Trinajstić information content (AvgIpc) is 3.10. The second kappa shape index (κ2) is 12.9. The molecule has 1 aromatic rings. The summed E-state index contributed by atoms with van der Waals surface area (Å²) in [5, 5.41) is 14.2. The Balaban J connectivity index is 0.000000343. The van der Waals surface area contributed by atoms with Crippen molar-refractivity contribution in [1.82, 2.24) is 9.88 Å². The van der Waals surface area contributed by atoms with E-state index in [0.29, 0.717) is 5.92 Å². The summed E-state index contributed by atoms with van der Waals surface area (Å²) in [6.07, 6.45) is -2.72. The Morgan fingerprint density at radius 1 is 1.21 bits per heavy atom. The van der Waals surface area contributed by atoms with Crippen LogP contribution in [0.25, 0.3) is 0 Å². The minimum Gasteiger partial charge on any atom is -0.475 e. The molecule has 8 nitrogen and oxygen atoms in total. The normalized spacial score (nSPS) is 22.9. The van der Waals surface area contributed by atoms with Crippen LogP contribution in [0.4, 0.5) is 26.3 Å². The summed E-state index contributed by atoms with van der Waals surface area (Å²) < 4.78 is 75.1. The summed E-state index contributed by atoms with van der Waals surface area (Å²) in [5.74, 6) is -4.97. The van der Waals surface area contributed by atoms with E-state index in [1.165, 1.54) is 24.8 Å². The van der Waals surface area contributed by atoms with Crippen LogP contribution in [0.1, 0.15) is 24.8 Å². The number of alkyl halides is 6. The van der Waals surface area contributed by atoms with Crippen molar-refractivity contribution in [3.8, 4) is 0 Å². The van der Waals surface area contributed by atoms with Crippen molar-refractivity contribution >= 4 is 11.9 Å². The monoisotopic (exact) mass is 504 g/mol. The van der Waals surface area contributed by atoms with Gasteiger partial charge in [0.15, 0.2) is 0 Å². The van der Waals surface area contributed by atoms with Gasteiger partial charge in [-0.25, -0.2) is 9.59 Å². The van der Waals surface area contributed by atoms with Crippen molar-refractivity contribution in [2.45, 2.75) is 43.8 Å². The number of carboxylic acids is 2. The van der Waals surface area contributed by atoms with E-state index >= 15 is 0 Å². The molecule has 3 rings (SSSR count). The van der Waals surface area contributed by atoms with Gasteiger partial charge < -0.3 is 19.7 Å². The number of carboxylic acid groups (broad SMARTS) is 2. The molecule has 0 bridgehead atoms. The first-order chi connectivity index (χ1) is 15.7. The fourth-order valence-corrected chi connectivity index (χ4v) is 3.72. The largest absolute Gasteiger partial charge is 0.490 e. The molecule has 2 atom stereocenters. The van der Waals surface area contributed by atoms with Crippen LogP contribution in [0.2, 0.25) is 0 Å². The van der Waals surface area contributed by atoms with Gasteiger partial charge in [-0.05, 0) is 24.5 Å². The summed E-state index contributed by atoms with van der Waals surface area (Å²) in [4.78, 5) is 24.5. The minimum atomic E-state index is -5.08. The SMILES string of the molecule is COC[C@@H]1CCC[C@@]12CN(Cc1cccnc1)CCO2.O=C(O)C(F)(F)F.O=C(O)C(F)(F)F. The molecule has 2 heterocycles. The van der Waals surface area contributed by atoms with E-state index < -0.39 is 24.3 Å². The first-order valence-electron chi connectivity index (χ1n) is 10.1.